The number of aliphatic carboxylic acids is 1. The zero-order valence-corrected chi connectivity index (χ0v) is 11.7. The Labute approximate surface area is 117 Å². The van der Waals surface area contributed by atoms with Crippen LogP contribution in [0.3, 0.4) is 0 Å². The molecule has 0 saturated carbocycles. The van der Waals surface area contributed by atoms with Crippen LogP contribution in [0.1, 0.15) is 12.8 Å². The van der Waals surface area contributed by atoms with Crippen molar-refractivity contribution >= 4 is 17.9 Å². The highest BCUT2D eigenvalue weighted by Gasteiger charge is 2.30. The number of carboxylic acid groups (broad SMARTS) is 1. The largest absolute Gasteiger partial charge is 0.480 e. The molecule has 3 amide bonds. The average molecular weight is 287 g/mol. The lowest BCUT2D eigenvalue weighted by Gasteiger charge is -2.33. The Balaban J connectivity index is 2.47. The van der Waals surface area contributed by atoms with E-state index in [0.29, 0.717) is 25.9 Å². The fraction of sp³-hybridized carbons (Fsp3) is 0.750. The smallest absolute Gasteiger partial charge is 0.328 e. The van der Waals surface area contributed by atoms with E-state index in [1.807, 2.05) is 0 Å². The number of piperidine rings is 1. The lowest BCUT2D eigenvalue weighted by atomic mass is 9.95. The van der Waals surface area contributed by atoms with Gasteiger partial charge in [-0.05, 0) is 12.8 Å². The molecular weight excluding hydrogens is 266 g/mol. The molecule has 0 unspecified atom stereocenters. The summed E-state index contributed by atoms with van der Waals surface area (Å²) in [6.45, 7) is 0.289. The van der Waals surface area contributed by atoms with Crippen molar-refractivity contribution in [1.82, 2.24) is 15.1 Å². The monoisotopic (exact) mass is 287 g/mol. The maximum absolute atomic E-state index is 11.9. The Morgan fingerprint density at radius 3 is 2.25 bits per heavy atom. The number of aliphatic hydroxyl groups is 1. The molecule has 1 heterocycles. The van der Waals surface area contributed by atoms with Gasteiger partial charge in [0, 0.05) is 33.1 Å². The first-order valence-corrected chi connectivity index (χ1v) is 6.47. The number of rotatable bonds is 4. The Bertz CT molecular complexity index is 377. The highest BCUT2D eigenvalue weighted by atomic mass is 16.4. The minimum atomic E-state index is -1.27. The van der Waals surface area contributed by atoms with Crippen LogP contribution >= 0.6 is 0 Å². The second kappa shape index (κ2) is 7.09. The van der Waals surface area contributed by atoms with Gasteiger partial charge >= 0.3 is 12.0 Å². The lowest BCUT2D eigenvalue weighted by molar-refractivity contribution is -0.143. The molecule has 1 aliphatic heterocycles. The molecule has 0 aromatic heterocycles. The molecule has 8 nitrogen and oxygen atoms in total. The van der Waals surface area contributed by atoms with Crippen molar-refractivity contribution in [3.63, 3.8) is 0 Å². The summed E-state index contributed by atoms with van der Waals surface area (Å²) in [5.41, 5.74) is 0. The van der Waals surface area contributed by atoms with E-state index in [2.05, 4.69) is 5.32 Å². The van der Waals surface area contributed by atoms with E-state index >= 15 is 0 Å². The molecule has 0 spiro atoms. The number of carboxylic acids is 1. The van der Waals surface area contributed by atoms with E-state index in [4.69, 9.17) is 10.2 Å². The number of amides is 3. The highest BCUT2D eigenvalue weighted by Crippen LogP contribution is 2.18. The Morgan fingerprint density at radius 1 is 1.30 bits per heavy atom. The van der Waals surface area contributed by atoms with E-state index < -0.39 is 18.6 Å². The minimum Gasteiger partial charge on any atom is -0.480 e. The number of nitrogens with one attached hydrogen (secondary N) is 1. The molecule has 1 aliphatic rings. The standard InChI is InChI=1S/C12H21N3O5/c1-14(2)12(20)15-5-3-8(4-6-15)10(17)13-9(7-16)11(18)19/h8-9,16H,3-7H2,1-2H3,(H,13,17)(H,18,19)/t9-/m1/s1. The molecule has 20 heavy (non-hydrogen) atoms. The van der Waals surface area contributed by atoms with E-state index in [-0.39, 0.29) is 17.9 Å². The van der Waals surface area contributed by atoms with Crippen LogP contribution in [-0.4, -0.2) is 77.8 Å². The van der Waals surface area contributed by atoms with Gasteiger partial charge in [0.15, 0.2) is 0 Å². The molecular formula is C12H21N3O5. The predicted molar refractivity (Wildman–Crippen MR) is 70.0 cm³/mol. The van der Waals surface area contributed by atoms with Gasteiger partial charge in [0.1, 0.15) is 6.04 Å². The molecule has 1 fully saturated rings. The molecule has 0 aliphatic carbocycles. The van der Waals surface area contributed by atoms with Gasteiger partial charge in [-0.1, -0.05) is 0 Å². The zero-order chi connectivity index (χ0) is 15.3. The summed E-state index contributed by atoms with van der Waals surface area (Å²) in [4.78, 5) is 37.5. The van der Waals surface area contributed by atoms with Crippen molar-refractivity contribution in [2.45, 2.75) is 18.9 Å². The van der Waals surface area contributed by atoms with Crippen LogP contribution in [-0.2, 0) is 9.59 Å². The molecule has 1 saturated heterocycles. The van der Waals surface area contributed by atoms with Gasteiger partial charge in [-0.15, -0.1) is 0 Å². The van der Waals surface area contributed by atoms with Gasteiger partial charge in [0.2, 0.25) is 5.91 Å². The number of carbonyl (C=O) groups excluding carboxylic acids is 2. The van der Waals surface area contributed by atoms with Gasteiger partial charge < -0.3 is 25.3 Å². The summed E-state index contributed by atoms with van der Waals surface area (Å²) < 4.78 is 0. The fourth-order valence-electron chi connectivity index (χ4n) is 2.09. The lowest BCUT2D eigenvalue weighted by Crippen LogP contribution is -2.50. The number of carbonyl (C=O) groups is 3. The van der Waals surface area contributed by atoms with Gasteiger partial charge in [-0.3, -0.25) is 4.79 Å². The number of likely N-dealkylation sites (tertiary alicyclic amines) is 1. The third kappa shape index (κ3) is 4.09. The molecule has 0 aromatic rings. The van der Waals surface area contributed by atoms with Crippen LogP contribution in [0.25, 0.3) is 0 Å². The number of urea groups is 1. The first kappa shape index (κ1) is 16.2. The Morgan fingerprint density at radius 2 is 1.85 bits per heavy atom. The first-order valence-electron chi connectivity index (χ1n) is 6.47. The third-order valence-electron chi connectivity index (χ3n) is 3.32. The van der Waals surface area contributed by atoms with Gasteiger partial charge in [-0.25, -0.2) is 9.59 Å². The summed E-state index contributed by atoms with van der Waals surface area (Å²) >= 11 is 0. The predicted octanol–water partition coefficient (Wildman–Crippen LogP) is -1.06. The molecule has 1 atom stereocenters. The maximum atomic E-state index is 11.9. The molecule has 0 bridgehead atoms. The van der Waals surface area contributed by atoms with Crippen LogP contribution in [0.4, 0.5) is 4.79 Å². The van der Waals surface area contributed by atoms with Crippen molar-refractivity contribution < 1.29 is 24.6 Å². The van der Waals surface area contributed by atoms with E-state index in [0.717, 1.165) is 0 Å². The van der Waals surface area contributed by atoms with Crippen LogP contribution in [0.2, 0.25) is 0 Å². The maximum Gasteiger partial charge on any atom is 0.328 e. The summed E-state index contributed by atoms with van der Waals surface area (Å²) in [7, 11) is 3.33. The number of aliphatic hydroxyl groups excluding tert-OH is 1. The van der Waals surface area contributed by atoms with Crippen LogP contribution < -0.4 is 5.32 Å². The summed E-state index contributed by atoms with van der Waals surface area (Å²) in [6, 6.07) is -1.37. The molecule has 1 rings (SSSR count). The third-order valence-corrected chi connectivity index (χ3v) is 3.32. The topological polar surface area (TPSA) is 110 Å². The molecule has 114 valence electrons. The number of nitrogens with zero attached hydrogens (tertiary/aromatic N) is 2. The molecule has 8 heteroatoms. The van der Waals surface area contributed by atoms with Crippen molar-refractivity contribution in [3.8, 4) is 0 Å². The van der Waals surface area contributed by atoms with E-state index in [1.165, 1.54) is 4.90 Å². The van der Waals surface area contributed by atoms with E-state index in [1.54, 1.807) is 19.0 Å². The van der Waals surface area contributed by atoms with Gasteiger partial charge in [0.05, 0.1) is 6.61 Å². The van der Waals surface area contributed by atoms with Crippen molar-refractivity contribution in [2.24, 2.45) is 5.92 Å². The SMILES string of the molecule is CN(C)C(=O)N1CCC(C(=O)N[C@H](CO)C(=O)O)CC1. The first-order chi connectivity index (χ1) is 9.36. The quantitative estimate of drug-likeness (QED) is 0.610. The average Bonchev–Trinajstić information content (AvgIpc) is 2.43. The van der Waals surface area contributed by atoms with Crippen molar-refractivity contribution in [2.75, 3.05) is 33.8 Å². The number of hydrogen-bond acceptors (Lipinski definition) is 4. The molecule has 3 N–H and O–H groups in total. The van der Waals surface area contributed by atoms with Gasteiger partial charge in [0.25, 0.3) is 0 Å². The van der Waals surface area contributed by atoms with Crippen LogP contribution in [0.15, 0.2) is 0 Å². The summed E-state index contributed by atoms with van der Waals surface area (Å²) in [5, 5.41) is 19.9. The summed E-state index contributed by atoms with van der Waals surface area (Å²) in [5.74, 6) is -1.97. The van der Waals surface area contributed by atoms with E-state index in [9.17, 15) is 14.4 Å². The second-order valence-electron chi connectivity index (χ2n) is 5.02. The van der Waals surface area contributed by atoms with Crippen LogP contribution in [0.5, 0.6) is 0 Å². The second-order valence-corrected chi connectivity index (χ2v) is 5.02. The molecule has 0 aromatic carbocycles. The highest BCUT2D eigenvalue weighted by molar-refractivity contribution is 5.85. The van der Waals surface area contributed by atoms with Crippen molar-refractivity contribution in [1.29, 1.82) is 0 Å². The molecule has 0 radical (unpaired) electrons. The van der Waals surface area contributed by atoms with Crippen molar-refractivity contribution in [3.05, 3.63) is 0 Å². The fourth-order valence-corrected chi connectivity index (χ4v) is 2.09. The van der Waals surface area contributed by atoms with Crippen LogP contribution in [0, 0.1) is 5.92 Å². The zero-order valence-electron chi connectivity index (χ0n) is 11.7. The number of hydrogen-bond donors (Lipinski definition) is 3. The Kier molecular flexibility index (Phi) is 5.75. The minimum absolute atomic E-state index is 0.0948. The Hall–Kier alpha value is -1.83. The summed E-state index contributed by atoms with van der Waals surface area (Å²) in [6.07, 6.45) is 0.979. The normalized spacial score (nSPS) is 17.4. The van der Waals surface area contributed by atoms with Gasteiger partial charge in [-0.2, -0.15) is 0 Å².